The van der Waals surface area contributed by atoms with Crippen molar-refractivity contribution in [3.63, 3.8) is 0 Å². The first-order valence-electron chi connectivity index (χ1n) is 10.5. The average molecular weight is 426 g/mol. The van der Waals surface area contributed by atoms with E-state index in [-0.39, 0.29) is 0 Å². The van der Waals surface area contributed by atoms with Crippen molar-refractivity contribution in [3.8, 4) is 5.88 Å². The highest BCUT2D eigenvalue weighted by Gasteiger charge is 2.22. The molecular formula is C21H27N7OS. The highest BCUT2D eigenvalue weighted by Crippen LogP contribution is 2.31. The molecule has 1 aliphatic carbocycles. The lowest BCUT2D eigenvalue weighted by Crippen LogP contribution is -2.46. The van der Waals surface area contributed by atoms with Gasteiger partial charge in [-0.3, -0.25) is 4.90 Å². The molecule has 1 saturated heterocycles. The summed E-state index contributed by atoms with van der Waals surface area (Å²) in [5, 5.41) is 1.97. The van der Waals surface area contributed by atoms with Crippen molar-refractivity contribution >= 4 is 33.3 Å². The lowest BCUT2D eigenvalue weighted by Gasteiger charge is -2.35. The highest BCUT2D eigenvalue weighted by atomic mass is 32.1. The summed E-state index contributed by atoms with van der Waals surface area (Å²) in [6.45, 7) is 4.74. The van der Waals surface area contributed by atoms with Crippen molar-refractivity contribution in [1.82, 2.24) is 24.2 Å². The summed E-state index contributed by atoms with van der Waals surface area (Å²) in [7, 11) is 4.00. The Hall–Kier alpha value is -2.52. The monoisotopic (exact) mass is 425 g/mol. The number of fused-ring (bicyclic) bond motifs is 1. The lowest BCUT2D eigenvalue weighted by molar-refractivity contribution is 0.116. The minimum absolute atomic E-state index is 0.308. The molecule has 0 amide bonds. The minimum Gasteiger partial charge on any atom is -0.474 e. The Morgan fingerprint density at radius 3 is 2.67 bits per heavy atom. The van der Waals surface area contributed by atoms with Crippen LogP contribution in [0.4, 0.5) is 10.8 Å². The maximum atomic E-state index is 6.11. The van der Waals surface area contributed by atoms with Gasteiger partial charge in [0.05, 0.1) is 17.4 Å². The molecule has 0 bridgehead atoms. The fourth-order valence-corrected chi connectivity index (χ4v) is 4.41. The number of piperazine rings is 1. The summed E-state index contributed by atoms with van der Waals surface area (Å²) < 4.78 is 10.6. The van der Waals surface area contributed by atoms with Crippen LogP contribution >= 0.6 is 11.5 Å². The molecule has 0 unspecified atom stereocenters. The number of ether oxygens (including phenoxy) is 1. The van der Waals surface area contributed by atoms with Crippen LogP contribution in [0.3, 0.4) is 0 Å². The van der Waals surface area contributed by atoms with Crippen molar-refractivity contribution in [3.05, 3.63) is 30.4 Å². The number of nitrogens with zero attached hydrogens (tertiary/aromatic N) is 7. The molecule has 0 spiro atoms. The molecule has 1 saturated carbocycles. The molecule has 3 heterocycles. The van der Waals surface area contributed by atoms with E-state index >= 15 is 0 Å². The van der Waals surface area contributed by atoms with E-state index in [1.807, 2.05) is 19.0 Å². The van der Waals surface area contributed by atoms with Gasteiger partial charge in [-0.15, -0.1) is 0 Å². The maximum absolute atomic E-state index is 6.11. The van der Waals surface area contributed by atoms with Crippen LogP contribution in [-0.2, 0) is 6.54 Å². The molecule has 0 radical (unpaired) electrons. The average Bonchev–Trinajstić information content (AvgIpc) is 3.20. The molecule has 9 heteroatoms. The Balaban J connectivity index is 1.25. The van der Waals surface area contributed by atoms with E-state index in [2.05, 4.69) is 47.3 Å². The van der Waals surface area contributed by atoms with Gasteiger partial charge in [0.15, 0.2) is 5.82 Å². The number of aromatic nitrogens is 4. The third-order valence-electron chi connectivity index (χ3n) is 5.86. The van der Waals surface area contributed by atoms with E-state index in [0.717, 1.165) is 73.3 Å². The highest BCUT2D eigenvalue weighted by molar-refractivity contribution is 7.09. The van der Waals surface area contributed by atoms with Gasteiger partial charge in [0, 0.05) is 57.5 Å². The molecule has 2 aliphatic rings. The maximum Gasteiger partial charge on any atom is 0.224 e. The summed E-state index contributed by atoms with van der Waals surface area (Å²) in [6, 6.07) is 6.42. The SMILES string of the molecule is CN(C)c1nc(CN2CCN(c3ccc4ncnc(OC5CCC5)c4c3)CC2)ns1. The van der Waals surface area contributed by atoms with Crippen molar-refractivity contribution in [2.45, 2.75) is 31.9 Å². The molecule has 1 aliphatic heterocycles. The third kappa shape index (κ3) is 4.04. The van der Waals surface area contributed by atoms with Gasteiger partial charge in [-0.2, -0.15) is 4.37 Å². The Bertz CT molecular complexity index is 1010. The Morgan fingerprint density at radius 2 is 1.97 bits per heavy atom. The van der Waals surface area contributed by atoms with Gasteiger partial charge >= 0.3 is 0 Å². The quantitative estimate of drug-likeness (QED) is 0.597. The van der Waals surface area contributed by atoms with E-state index in [1.165, 1.54) is 23.6 Å². The molecule has 1 aromatic carbocycles. The zero-order valence-electron chi connectivity index (χ0n) is 17.5. The molecule has 0 N–H and O–H groups in total. The first-order chi connectivity index (χ1) is 14.7. The summed E-state index contributed by atoms with van der Waals surface area (Å²) >= 11 is 1.46. The molecule has 2 aromatic heterocycles. The van der Waals surface area contributed by atoms with Crippen LogP contribution in [0.5, 0.6) is 5.88 Å². The molecule has 5 rings (SSSR count). The molecule has 30 heavy (non-hydrogen) atoms. The van der Waals surface area contributed by atoms with Gasteiger partial charge in [0.2, 0.25) is 11.0 Å². The topological polar surface area (TPSA) is 70.5 Å². The molecule has 158 valence electrons. The van der Waals surface area contributed by atoms with Gasteiger partial charge < -0.3 is 14.5 Å². The van der Waals surface area contributed by atoms with Crippen molar-refractivity contribution in [1.29, 1.82) is 0 Å². The normalized spacial score (nSPS) is 17.9. The van der Waals surface area contributed by atoms with Gasteiger partial charge in [-0.25, -0.2) is 15.0 Å². The molecule has 0 atom stereocenters. The number of hydrogen-bond donors (Lipinski definition) is 0. The Morgan fingerprint density at radius 1 is 1.13 bits per heavy atom. The van der Waals surface area contributed by atoms with Crippen LogP contribution in [0, 0.1) is 0 Å². The standard InChI is InChI=1S/C21H27N7OS/c1-26(2)21-24-19(25-30-21)13-27-8-10-28(11-9-27)15-6-7-18-17(12-15)20(23-14-22-18)29-16-4-3-5-16/h6-7,12,14,16H,3-5,8-11,13H2,1-2H3. The smallest absolute Gasteiger partial charge is 0.224 e. The van der Waals surface area contributed by atoms with E-state index in [4.69, 9.17) is 4.74 Å². The fourth-order valence-electron chi connectivity index (χ4n) is 3.81. The second-order valence-corrected chi connectivity index (χ2v) is 8.93. The fraction of sp³-hybridized carbons (Fsp3) is 0.524. The largest absolute Gasteiger partial charge is 0.474 e. The number of rotatable bonds is 6. The van der Waals surface area contributed by atoms with Crippen molar-refractivity contribution in [2.24, 2.45) is 0 Å². The first-order valence-corrected chi connectivity index (χ1v) is 11.3. The van der Waals surface area contributed by atoms with Crippen LogP contribution in [0.25, 0.3) is 10.9 Å². The molecule has 2 fully saturated rings. The summed E-state index contributed by atoms with van der Waals surface area (Å²) in [6.07, 6.45) is 5.40. The Labute approximate surface area is 180 Å². The van der Waals surface area contributed by atoms with Crippen LogP contribution in [0.15, 0.2) is 24.5 Å². The van der Waals surface area contributed by atoms with Crippen molar-refractivity contribution < 1.29 is 4.74 Å². The van der Waals surface area contributed by atoms with Crippen LogP contribution in [0.1, 0.15) is 25.1 Å². The van der Waals surface area contributed by atoms with E-state index in [0.29, 0.717) is 6.10 Å². The van der Waals surface area contributed by atoms with E-state index < -0.39 is 0 Å². The predicted octanol–water partition coefficient (Wildman–Crippen LogP) is 2.80. The summed E-state index contributed by atoms with van der Waals surface area (Å²) in [5.41, 5.74) is 2.14. The van der Waals surface area contributed by atoms with E-state index in [1.54, 1.807) is 6.33 Å². The van der Waals surface area contributed by atoms with Gasteiger partial charge in [0.25, 0.3) is 0 Å². The summed E-state index contributed by atoms with van der Waals surface area (Å²) in [5.74, 6) is 1.63. The van der Waals surface area contributed by atoms with Crippen LogP contribution in [0.2, 0.25) is 0 Å². The third-order valence-corrected chi connectivity index (χ3v) is 6.78. The van der Waals surface area contributed by atoms with Gasteiger partial charge in [-0.1, -0.05) is 0 Å². The minimum atomic E-state index is 0.308. The van der Waals surface area contributed by atoms with Gasteiger partial charge in [0.1, 0.15) is 12.4 Å². The van der Waals surface area contributed by atoms with E-state index in [9.17, 15) is 0 Å². The zero-order chi connectivity index (χ0) is 20.5. The van der Waals surface area contributed by atoms with Crippen molar-refractivity contribution in [2.75, 3.05) is 50.1 Å². The second-order valence-electron chi connectivity index (χ2n) is 8.20. The number of anilines is 2. The van der Waals surface area contributed by atoms with Gasteiger partial charge in [-0.05, 0) is 37.5 Å². The molecule has 3 aromatic rings. The predicted molar refractivity (Wildman–Crippen MR) is 120 cm³/mol. The molecule has 8 nitrogen and oxygen atoms in total. The lowest BCUT2D eigenvalue weighted by atomic mass is 9.96. The van der Waals surface area contributed by atoms with Crippen LogP contribution in [-0.4, -0.2) is 70.6 Å². The molecular weight excluding hydrogens is 398 g/mol. The number of hydrogen-bond acceptors (Lipinski definition) is 9. The summed E-state index contributed by atoms with van der Waals surface area (Å²) in [4.78, 5) is 20.3. The zero-order valence-corrected chi connectivity index (χ0v) is 18.3. The van der Waals surface area contributed by atoms with Crippen LogP contribution < -0.4 is 14.5 Å². The second kappa shape index (κ2) is 8.31. The number of benzene rings is 1. The Kier molecular flexibility index (Phi) is 5.39. The first kappa shape index (κ1) is 19.4.